The van der Waals surface area contributed by atoms with Crippen molar-refractivity contribution < 1.29 is 0 Å². The van der Waals surface area contributed by atoms with Crippen LogP contribution in [0.3, 0.4) is 0 Å². The summed E-state index contributed by atoms with van der Waals surface area (Å²) in [4.78, 5) is 8.51. The van der Waals surface area contributed by atoms with E-state index in [2.05, 4.69) is 32.6 Å². The number of nitrogens with zero attached hydrogens (tertiary/aromatic N) is 3. The van der Waals surface area contributed by atoms with Crippen LogP contribution in [0.15, 0.2) is 41.5 Å². The molecule has 1 N–H and O–H groups in total. The maximum Gasteiger partial charge on any atom is 0.243 e. The van der Waals surface area contributed by atoms with Crippen LogP contribution in [0.1, 0.15) is 23.4 Å². The van der Waals surface area contributed by atoms with Crippen LogP contribution >= 0.6 is 0 Å². The standard InChI is InChI=1S/C15H18N4/c1-12-11-13(2)18-15(17-12)19-16-10-6-9-14-7-4-3-5-8-14/h3-5,7-8,10-11H,6,9H2,1-2H3,(H,17,18,19)/b16-10-. The van der Waals surface area contributed by atoms with Crippen LogP contribution in [-0.4, -0.2) is 16.2 Å². The average molecular weight is 254 g/mol. The van der Waals surface area contributed by atoms with E-state index in [1.54, 1.807) is 0 Å². The number of hydrogen-bond acceptors (Lipinski definition) is 4. The van der Waals surface area contributed by atoms with Crippen LogP contribution in [0.25, 0.3) is 0 Å². The molecule has 19 heavy (non-hydrogen) atoms. The Morgan fingerprint density at radius 3 is 2.47 bits per heavy atom. The zero-order valence-corrected chi connectivity index (χ0v) is 11.3. The second-order valence-electron chi connectivity index (χ2n) is 4.42. The van der Waals surface area contributed by atoms with E-state index in [9.17, 15) is 0 Å². The predicted octanol–water partition coefficient (Wildman–Crippen LogP) is 3.12. The molecule has 0 saturated heterocycles. The Labute approximate surface area is 113 Å². The number of anilines is 1. The lowest BCUT2D eigenvalue weighted by atomic mass is 10.1. The van der Waals surface area contributed by atoms with Crippen molar-refractivity contribution in [2.45, 2.75) is 26.7 Å². The van der Waals surface area contributed by atoms with E-state index in [1.165, 1.54) is 5.56 Å². The first kappa shape index (κ1) is 13.2. The van der Waals surface area contributed by atoms with Gasteiger partial charge in [0.15, 0.2) is 0 Å². The Hall–Kier alpha value is -2.23. The maximum absolute atomic E-state index is 4.25. The number of hydrazone groups is 1. The molecule has 0 saturated carbocycles. The van der Waals surface area contributed by atoms with Crippen molar-refractivity contribution in [3.8, 4) is 0 Å². The third-order valence-electron chi connectivity index (χ3n) is 2.64. The van der Waals surface area contributed by atoms with Gasteiger partial charge < -0.3 is 0 Å². The number of aryl methyl sites for hydroxylation is 3. The van der Waals surface area contributed by atoms with Gasteiger partial charge in [-0.3, -0.25) is 0 Å². The molecular formula is C15H18N4. The fraction of sp³-hybridized carbons (Fsp3) is 0.267. The van der Waals surface area contributed by atoms with Gasteiger partial charge in [-0.15, -0.1) is 0 Å². The molecule has 1 aromatic heterocycles. The molecule has 1 aromatic carbocycles. The van der Waals surface area contributed by atoms with Crippen LogP contribution in [0, 0.1) is 13.8 Å². The van der Waals surface area contributed by atoms with Crippen molar-refractivity contribution in [3.63, 3.8) is 0 Å². The molecule has 0 aliphatic heterocycles. The molecule has 4 nitrogen and oxygen atoms in total. The Morgan fingerprint density at radius 2 is 1.79 bits per heavy atom. The summed E-state index contributed by atoms with van der Waals surface area (Å²) in [5.41, 5.74) is 6.05. The number of rotatable bonds is 5. The first-order valence-corrected chi connectivity index (χ1v) is 6.38. The summed E-state index contributed by atoms with van der Waals surface area (Å²) >= 11 is 0. The summed E-state index contributed by atoms with van der Waals surface area (Å²) in [7, 11) is 0. The van der Waals surface area contributed by atoms with Gasteiger partial charge in [0.2, 0.25) is 5.95 Å². The molecule has 0 radical (unpaired) electrons. The third kappa shape index (κ3) is 4.50. The zero-order valence-electron chi connectivity index (χ0n) is 11.3. The summed E-state index contributed by atoms with van der Waals surface area (Å²) in [5, 5.41) is 4.14. The summed E-state index contributed by atoms with van der Waals surface area (Å²) in [6.07, 6.45) is 3.73. The monoisotopic (exact) mass is 254 g/mol. The molecule has 98 valence electrons. The minimum Gasteiger partial charge on any atom is -0.246 e. The molecule has 0 unspecified atom stereocenters. The van der Waals surface area contributed by atoms with Gasteiger partial charge in [0.25, 0.3) is 0 Å². The van der Waals surface area contributed by atoms with E-state index >= 15 is 0 Å². The van der Waals surface area contributed by atoms with E-state index < -0.39 is 0 Å². The number of nitrogens with one attached hydrogen (secondary N) is 1. The smallest absolute Gasteiger partial charge is 0.243 e. The highest BCUT2D eigenvalue weighted by Crippen LogP contribution is 2.04. The molecule has 0 amide bonds. The van der Waals surface area contributed by atoms with Gasteiger partial charge in [-0.25, -0.2) is 15.4 Å². The van der Waals surface area contributed by atoms with Crippen LogP contribution < -0.4 is 5.43 Å². The highest BCUT2D eigenvalue weighted by molar-refractivity contribution is 5.58. The quantitative estimate of drug-likeness (QED) is 0.658. The van der Waals surface area contributed by atoms with E-state index in [0.717, 1.165) is 24.2 Å². The minimum absolute atomic E-state index is 0.550. The summed E-state index contributed by atoms with van der Waals surface area (Å²) < 4.78 is 0. The number of hydrogen-bond donors (Lipinski definition) is 1. The summed E-state index contributed by atoms with van der Waals surface area (Å²) in [6, 6.07) is 12.3. The fourth-order valence-corrected chi connectivity index (χ4v) is 1.82. The molecule has 0 bridgehead atoms. The van der Waals surface area contributed by atoms with Crippen LogP contribution in [0.4, 0.5) is 5.95 Å². The van der Waals surface area contributed by atoms with E-state index in [-0.39, 0.29) is 0 Å². The largest absolute Gasteiger partial charge is 0.246 e. The molecule has 1 heterocycles. The molecule has 0 spiro atoms. The molecule has 0 atom stereocenters. The molecule has 2 aromatic rings. The van der Waals surface area contributed by atoms with Crippen molar-refractivity contribution in [2.24, 2.45) is 5.10 Å². The average Bonchev–Trinajstić information content (AvgIpc) is 2.38. The van der Waals surface area contributed by atoms with Gasteiger partial charge in [0.1, 0.15) is 0 Å². The van der Waals surface area contributed by atoms with Gasteiger partial charge in [-0.1, -0.05) is 30.3 Å². The summed E-state index contributed by atoms with van der Waals surface area (Å²) in [5.74, 6) is 0.550. The van der Waals surface area contributed by atoms with E-state index in [4.69, 9.17) is 0 Å². The first-order valence-electron chi connectivity index (χ1n) is 6.38. The Morgan fingerprint density at radius 1 is 1.11 bits per heavy atom. The SMILES string of the molecule is Cc1cc(C)nc(N/N=C\CCc2ccccc2)n1. The van der Waals surface area contributed by atoms with Crippen molar-refractivity contribution in [3.05, 3.63) is 53.3 Å². The minimum atomic E-state index is 0.550. The lowest BCUT2D eigenvalue weighted by molar-refractivity contribution is 1.02. The zero-order chi connectivity index (χ0) is 13.5. The predicted molar refractivity (Wildman–Crippen MR) is 78.4 cm³/mol. The highest BCUT2D eigenvalue weighted by atomic mass is 15.3. The number of aromatic nitrogens is 2. The molecule has 2 rings (SSSR count). The van der Waals surface area contributed by atoms with Crippen molar-refractivity contribution in [1.82, 2.24) is 9.97 Å². The molecule has 0 aliphatic carbocycles. The molecule has 0 fully saturated rings. The topological polar surface area (TPSA) is 50.2 Å². The van der Waals surface area contributed by atoms with Gasteiger partial charge in [0, 0.05) is 17.6 Å². The van der Waals surface area contributed by atoms with E-state index in [1.807, 2.05) is 44.3 Å². The highest BCUT2D eigenvalue weighted by Gasteiger charge is 1.96. The van der Waals surface area contributed by atoms with Gasteiger partial charge in [-0.2, -0.15) is 5.10 Å². The van der Waals surface area contributed by atoms with Crippen LogP contribution in [0.2, 0.25) is 0 Å². The fourth-order valence-electron chi connectivity index (χ4n) is 1.82. The Bertz CT molecular complexity index is 529. The van der Waals surface area contributed by atoms with Crippen molar-refractivity contribution in [2.75, 3.05) is 5.43 Å². The number of benzene rings is 1. The van der Waals surface area contributed by atoms with Gasteiger partial charge >= 0.3 is 0 Å². The first-order chi connectivity index (χ1) is 9.24. The second kappa shape index (κ2) is 6.64. The molecule has 0 aliphatic rings. The Balaban J connectivity index is 1.80. The summed E-state index contributed by atoms with van der Waals surface area (Å²) in [6.45, 7) is 3.89. The maximum atomic E-state index is 4.25. The van der Waals surface area contributed by atoms with Crippen molar-refractivity contribution >= 4 is 12.2 Å². The van der Waals surface area contributed by atoms with Gasteiger partial charge in [-0.05, 0) is 38.3 Å². The van der Waals surface area contributed by atoms with Crippen LogP contribution in [0.5, 0.6) is 0 Å². The van der Waals surface area contributed by atoms with Crippen molar-refractivity contribution in [1.29, 1.82) is 0 Å². The van der Waals surface area contributed by atoms with E-state index in [0.29, 0.717) is 5.95 Å². The second-order valence-corrected chi connectivity index (χ2v) is 4.42. The van der Waals surface area contributed by atoms with Gasteiger partial charge in [0.05, 0.1) is 0 Å². The lowest BCUT2D eigenvalue weighted by Gasteiger charge is -2.01. The normalized spacial score (nSPS) is 10.8. The lowest BCUT2D eigenvalue weighted by Crippen LogP contribution is -1.99. The third-order valence-corrected chi connectivity index (χ3v) is 2.64. The Kier molecular flexibility index (Phi) is 4.61. The molecule has 4 heteroatoms. The van der Waals surface area contributed by atoms with Crippen LogP contribution in [-0.2, 0) is 6.42 Å². The molecular weight excluding hydrogens is 236 g/mol.